The highest BCUT2D eigenvalue weighted by atomic mass is 19.2. The summed E-state index contributed by atoms with van der Waals surface area (Å²) in [5.74, 6) is -4.27. The van der Waals surface area contributed by atoms with Crippen LogP contribution in [0.25, 0.3) is 0 Å². The molecule has 4 rings (SSSR count). The van der Waals surface area contributed by atoms with Crippen LogP contribution in [0, 0.1) is 11.6 Å². The van der Waals surface area contributed by atoms with Crippen LogP contribution in [-0.2, 0) is 22.6 Å². The zero-order valence-corrected chi connectivity index (χ0v) is 16.3. The predicted octanol–water partition coefficient (Wildman–Crippen LogP) is 3.92. The molecule has 0 aromatic heterocycles. The molecule has 0 N–H and O–H groups in total. The molecule has 0 aliphatic carbocycles. The second-order valence-corrected chi connectivity index (χ2v) is 7.05. The zero-order valence-electron chi connectivity index (χ0n) is 16.3. The van der Waals surface area contributed by atoms with Gasteiger partial charge in [-0.3, -0.25) is 14.5 Å². The molecule has 0 unspecified atom stereocenters. The van der Waals surface area contributed by atoms with Crippen molar-refractivity contribution in [2.45, 2.75) is 19.1 Å². The van der Waals surface area contributed by atoms with E-state index in [0.717, 1.165) is 11.0 Å². The maximum Gasteiger partial charge on any atom is 0.330 e. The number of amides is 2. The van der Waals surface area contributed by atoms with E-state index in [1.807, 2.05) is 0 Å². The molecule has 1 aliphatic heterocycles. The van der Waals surface area contributed by atoms with Gasteiger partial charge in [-0.15, -0.1) is 0 Å². The smallest absolute Gasteiger partial charge is 0.330 e. The van der Waals surface area contributed by atoms with Crippen molar-refractivity contribution in [3.8, 4) is 0 Å². The Morgan fingerprint density at radius 3 is 2.10 bits per heavy atom. The van der Waals surface area contributed by atoms with Crippen LogP contribution in [0.5, 0.6) is 0 Å². The highest BCUT2D eigenvalue weighted by molar-refractivity contribution is 6.22. The summed E-state index contributed by atoms with van der Waals surface area (Å²) in [5.41, 5.74) is 0.969. The van der Waals surface area contributed by atoms with Crippen molar-refractivity contribution in [3.05, 3.63) is 107 Å². The average Bonchev–Trinajstić information content (AvgIpc) is 3.04. The number of carbonyl (C=O) groups is 3. The molecule has 3 aromatic rings. The molecule has 0 saturated carbocycles. The standard InChI is InChI=1S/C24H17F2NO4/c25-19-12-6-9-16(21(19)26)14-31-24(30)20(13-15-7-2-1-3-8-15)27-22(28)17-10-4-5-11-18(17)23(27)29/h1-12,20H,13-14H2/t20-/m0/s1. The third-order valence-corrected chi connectivity index (χ3v) is 5.08. The quantitative estimate of drug-likeness (QED) is 0.447. The van der Waals surface area contributed by atoms with Gasteiger partial charge >= 0.3 is 5.97 Å². The fourth-order valence-electron chi connectivity index (χ4n) is 3.51. The first-order valence-electron chi connectivity index (χ1n) is 9.57. The Hall–Kier alpha value is -3.87. The molecular formula is C24H17F2NO4. The summed E-state index contributed by atoms with van der Waals surface area (Å²) in [6, 6.07) is 17.4. The van der Waals surface area contributed by atoms with Gasteiger partial charge in [-0.25, -0.2) is 13.6 Å². The Kier molecular flexibility index (Phi) is 5.58. The topological polar surface area (TPSA) is 63.7 Å². The molecule has 1 atom stereocenters. The van der Waals surface area contributed by atoms with Crippen LogP contribution in [0.15, 0.2) is 72.8 Å². The van der Waals surface area contributed by atoms with Crippen LogP contribution >= 0.6 is 0 Å². The number of esters is 1. The van der Waals surface area contributed by atoms with Gasteiger partial charge in [-0.1, -0.05) is 54.6 Å². The average molecular weight is 421 g/mol. The van der Waals surface area contributed by atoms with Gasteiger partial charge in [0.15, 0.2) is 11.6 Å². The first-order valence-corrected chi connectivity index (χ1v) is 9.57. The number of imide groups is 1. The van der Waals surface area contributed by atoms with Crippen molar-refractivity contribution in [2.75, 3.05) is 0 Å². The molecule has 0 bridgehead atoms. The molecule has 3 aromatic carbocycles. The predicted molar refractivity (Wildman–Crippen MR) is 107 cm³/mol. The minimum Gasteiger partial charge on any atom is -0.459 e. The molecule has 31 heavy (non-hydrogen) atoms. The van der Waals surface area contributed by atoms with Crippen molar-refractivity contribution in [2.24, 2.45) is 0 Å². The molecule has 156 valence electrons. The van der Waals surface area contributed by atoms with Crippen LogP contribution in [0.1, 0.15) is 31.8 Å². The Morgan fingerprint density at radius 2 is 1.45 bits per heavy atom. The molecule has 5 nitrogen and oxygen atoms in total. The van der Waals surface area contributed by atoms with Crippen molar-refractivity contribution >= 4 is 17.8 Å². The van der Waals surface area contributed by atoms with Gasteiger partial charge in [0.1, 0.15) is 12.6 Å². The summed E-state index contributed by atoms with van der Waals surface area (Å²) in [5, 5.41) is 0. The lowest BCUT2D eigenvalue weighted by Crippen LogP contribution is -2.47. The minimum absolute atomic E-state index is 0.0246. The number of nitrogens with zero attached hydrogens (tertiary/aromatic N) is 1. The van der Waals surface area contributed by atoms with E-state index in [2.05, 4.69) is 0 Å². The normalized spacial score (nSPS) is 13.8. The fourth-order valence-corrected chi connectivity index (χ4v) is 3.51. The Labute approximate surface area is 176 Å². The highest BCUT2D eigenvalue weighted by Crippen LogP contribution is 2.27. The van der Waals surface area contributed by atoms with Gasteiger partial charge < -0.3 is 4.74 Å². The number of hydrogen-bond donors (Lipinski definition) is 0. The SMILES string of the molecule is O=C(OCc1cccc(F)c1F)[C@H](Cc1ccccc1)N1C(=O)c2ccccc2C1=O. The maximum absolute atomic E-state index is 13.9. The summed E-state index contributed by atoms with van der Waals surface area (Å²) < 4.78 is 32.6. The van der Waals surface area contributed by atoms with Gasteiger partial charge in [0.05, 0.1) is 11.1 Å². The van der Waals surface area contributed by atoms with Gasteiger partial charge in [0.25, 0.3) is 11.8 Å². The van der Waals surface area contributed by atoms with Gasteiger partial charge in [0, 0.05) is 12.0 Å². The van der Waals surface area contributed by atoms with Crippen molar-refractivity contribution < 1.29 is 27.9 Å². The second kappa shape index (κ2) is 8.47. The summed E-state index contributed by atoms with van der Waals surface area (Å²) in [6.07, 6.45) is 0.0246. The summed E-state index contributed by atoms with van der Waals surface area (Å²) in [6.45, 7) is -0.531. The third-order valence-electron chi connectivity index (χ3n) is 5.08. The van der Waals surface area contributed by atoms with Crippen molar-refractivity contribution in [1.29, 1.82) is 0 Å². The molecular weight excluding hydrogens is 404 g/mol. The van der Waals surface area contributed by atoms with Gasteiger partial charge in [0.2, 0.25) is 0 Å². The lowest BCUT2D eigenvalue weighted by Gasteiger charge is -2.25. The number of rotatable bonds is 6. The van der Waals surface area contributed by atoms with Crippen LogP contribution in [0.2, 0.25) is 0 Å². The van der Waals surface area contributed by atoms with Crippen molar-refractivity contribution in [3.63, 3.8) is 0 Å². The van der Waals surface area contributed by atoms with Crippen LogP contribution < -0.4 is 0 Å². The summed E-state index contributed by atoms with van der Waals surface area (Å²) in [4.78, 5) is 39.6. The van der Waals surface area contributed by atoms with E-state index in [4.69, 9.17) is 4.74 Å². The number of carbonyl (C=O) groups excluding carboxylic acids is 3. The number of ether oxygens (including phenoxy) is 1. The monoisotopic (exact) mass is 421 g/mol. The molecule has 0 spiro atoms. The Morgan fingerprint density at radius 1 is 0.839 bits per heavy atom. The van der Waals surface area contributed by atoms with E-state index >= 15 is 0 Å². The van der Waals surface area contributed by atoms with Crippen LogP contribution in [0.4, 0.5) is 8.78 Å². The molecule has 7 heteroatoms. The number of benzene rings is 3. The lowest BCUT2D eigenvalue weighted by molar-refractivity contribution is -0.149. The van der Waals surface area contributed by atoms with Gasteiger partial charge in [-0.2, -0.15) is 0 Å². The van der Waals surface area contributed by atoms with E-state index in [1.165, 1.54) is 24.3 Å². The number of hydrogen-bond acceptors (Lipinski definition) is 4. The van der Waals surface area contributed by atoms with E-state index < -0.39 is 42.1 Å². The number of fused-ring (bicyclic) bond motifs is 1. The van der Waals surface area contributed by atoms with E-state index in [-0.39, 0.29) is 23.1 Å². The Balaban J connectivity index is 1.62. The van der Waals surface area contributed by atoms with Crippen molar-refractivity contribution in [1.82, 2.24) is 4.90 Å². The third kappa shape index (κ3) is 3.94. The molecule has 2 amide bonds. The zero-order chi connectivity index (χ0) is 22.0. The first kappa shape index (κ1) is 20.4. The first-order chi connectivity index (χ1) is 15.0. The van der Waals surface area contributed by atoms with Crippen LogP contribution in [-0.4, -0.2) is 28.7 Å². The van der Waals surface area contributed by atoms with Crippen LogP contribution in [0.3, 0.4) is 0 Å². The van der Waals surface area contributed by atoms with E-state index in [0.29, 0.717) is 5.56 Å². The fraction of sp³-hybridized carbons (Fsp3) is 0.125. The molecule has 1 heterocycles. The molecule has 1 aliphatic rings. The second-order valence-electron chi connectivity index (χ2n) is 7.05. The van der Waals surface area contributed by atoms with E-state index in [9.17, 15) is 23.2 Å². The Bertz CT molecular complexity index is 1130. The molecule has 0 radical (unpaired) electrons. The van der Waals surface area contributed by atoms with E-state index in [1.54, 1.807) is 42.5 Å². The number of halogens is 2. The minimum atomic E-state index is -1.26. The largest absolute Gasteiger partial charge is 0.459 e. The van der Waals surface area contributed by atoms with Gasteiger partial charge in [-0.05, 0) is 23.8 Å². The highest BCUT2D eigenvalue weighted by Gasteiger charge is 2.43. The molecule has 0 saturated heterocycles. The lowest BCUT2D eigenvalue weighted by atomic mass is 10.0. The maximum atomic E-state index is 13.9. The summed E-state index contributed by atoms with van der Waals surface area (Å²) >= 11 is 0. The molecule has 0 fully saturated rings. The summed E-state index contributed by atoms with van der Waals surface area (Å²) in [7, 11) is 0.